The van der Waals surface area contributed by atoms with Crippen molar-refractivity contribution in [2.24, 2.45) is 11.1 Å². The Morgan fingerprint density at radius 2 is 2.24 bits per heavy atom. The summed E-state index contributed by atoms with van der Waals surface area (Å²) in [5, 5.41) is 14.9. The fraction of sp³-hybridized carbons (Fsp3) is 0.474. The van der Waals surface area contributed by atoms with Crippen molar-refractivity contribution < 1.29 is 14.7 Å². The minimum absolute atomic E-state index is 0.0209. The van der Waals surface area contributed by atoms with Gasteiger partial charge in [-0.05, 0) is 50.1 Å². The molecule has 0 bridgehead atoms. The summed E-state index contributed by atoms with van der Waals surface area (Å²) in [6.45, 7) is 4.14. The second kappa shape index (κ2) is 9.88. The average molecular weight is 382 g/mol. The molecule has 2 rings (SSSR count). The molecular formula is C19H24ClNO3S. The van der Waals surface area contributed by atoms with Crippen LogP contribution >= 0.6 is 23.4 Å². The first-order chi connectivity index (χ1) is 12.0. The Kier molecular flexibility index (Phi) is 7.85. The molecule has 0 aromatic heterocycles. The van der Waals surface area contributed by atoms with Gasteiger partial charge in [-0.1, -0.05) is 22.8 Å². The first-order valence-electron chi connectivity index (χ1n) is 8.47. The first kappa shape index (κ1) is 19.9. The van der Waals surface area contributed by atoms with Gasteiger partial charge in [-0.3, -0.25) is 4.79 Å². The summed E-state index contributed by atoms with van der Waals surface area (Å²) in [5.74, 6) is 1.31. The molecule has 0 saturated carbocycles. The number of allylic oxidation sites excluding steroid dienone is 2. The Labute approximate surface area is 158 Å². The smallest absolute Gasteiger partial charge is 0.162 e. The lowest BCUT2D eigenvalue weighted by Gasteiger charge is -2.23. The number of rotatable bonds is 8. The van der Waals surface area contributed by atoms with E-state index in [0.29, 0.717) is 37.2 Å². The SMILES string of the molecule is CCON=C(C)CC1=C(O)CC(CCSc2cccc(Cl)c2)CC1=O. The van der Waals surface area contributed by atoms with E-state index in [0.717, 1.165) is 22.1 Å². The fourth-order valence-electron chi connectivity index (χ4n) is 2.78. The van der Waals surface area contributed by atoms with Crippen LogP contribution in [0.25, 0.3) is 0 Å². The van der Waals surface area contributed by atoms with Crippen molar-refractivity contribution in [2.75, 3.05) is 12.4 Å². The van der Waals surface area contributed by atoms with E-state index >= 15 is 0 Å². The minimum Gasteiger partial charge on any atom is -0.512 e. The molecule has 1 aromatic rings. The molecule has 1 unspecified atom stereocenters. The summed E-state index contributed by atoms with van der Waals surface area (Å²) in [7, 11) is 0. The number of ketones is 1. The van der Waals surface area contributed by atoms with Crippen LogP contribution in [0, 0.1) is 5.92 Å². The molecule has 1 atom stereocenters. The minimum atomic E-state index is 0.0209. The van der Waals surface area contributed by atoms with E-state index < -0.39 is 0 Å². The van der Waals surface area contributed by atoms with Crippen molar-refractivity contribution in [1.29, 1.82) is 0 Å². The van der Waals surface area contributed by atoms with Gasteiger partial charge in [-0.15, -0.1) is 11.8 Å². The Hall–Kier alpha value is -1.46. The third-order valence-corrected chi connectivity index (χ3v) is 5.28. The van der Waals surface area contributed by atoms with Gasteiger partial charge in [0.1, 0.15) is 6.61 Å². The number of aliphatic hydroxyl groups is 1. The molecule has 1 aliphatic carbocycles. The molecule has 0 spiro atoms. The standard InChI is InChI=1S/C19H24ClNO3S/c1-3-24-21-13(2)9-17-18(22)10-14(11-19(17)23)7-8-25-16-6-4-5-15(20)12-16/h4-6,12,14,22H,3,7-11H2,1-2H3. The molecule has 0 radical (unpaired) electrons. The van der Waals surface area contributed by atoms with Gasteiger partial charge >= 0.3 is 0 Å². The monoisotopic (exact) mass is 381 g/mol. The number of hydrogen-bond donors (Lipinski definition) is 1. The molecule has 0 fully saturated rings. The van der Waals surface area contributed by atoms with Crippen LogP contribution in [-0.4, -0.2) is 29.0 Å². The molecule has 6 heteroatoms. The Balaban J connectivity index is 1.87. The molecule has 1 aliphatic rings. The highest BCUT2D eigenvalue weighted by Crippen LogP contribution is 2.32. The molecule has 1 aromatic carbocycles. The number of oxime groups is 1. The second-order valence-corrected chi connectivity index (χ2v) is 7.74. The molecule has 1 N–H and O–H groups in total. The largest absolute Gasteiger partial charge is 0.512 e. The van der Waals surface area contributed by atoms with Crippen molar-refractivity contribution in [3.8, 4) is 0 Å². The zero-order valence-electron chi connectivity index (χ0n) is 14.6. The Bertz CT molecular complexity index is 672. The van der Waals surface area contributed by atoms with E-state index in [4.69, 9.17) is 16.4 Å². The van der Waals surface area contributed by atoms with Crippen molar-refractivity contribution in [1.82, 2.24) is 0 Å². The number of carbonyl (C=O) groups excluding carboxylic acids is 1. The van der Waals surface area contributed by atoms with Crippen LogP contribution < -0.4 is 0 Å². The van der Waals surface area contributed by atoms with Crippen LogP contribution in [0.3, 0.4) is 0 Å². The van der Waals surface area contributed by atoms with Crippen LogP contribution in [0.4, 0.5) is 0 Å². The number of benzene rings is 1. The van der Waals surface area contributed by atoms with Crippen molar-refractivity contribution in [3.05, 3.63) is 40.6 Å². The maximum atomic E-state index is 12.4. The van der Waals surface area contributed by atoms with Crippen LogP contribution in [0.15, 0.2) is 45.6 Å². The maximum absolute atomic E-state index is 12.4. The number of aliphatic hydroxyl groups excluding tert-OH is 1. The van der Waals surface area contributed by atoms with E-state index in [2.05, 4.69) is 5.16 Å². The number of thioether (sulfide) groups is 1. The molecule has 0 aliphatic heterocycles. The molecule has 0 heterocycles. The van der Waals surface area contributed by atoms with E-state index in [1.54, 1.807) is 18.7 Å². The van der Waals surface area contributed by atoms with Crippen molar-refractivity contribution in [3.63, 3.8) is 0 Å². The summed E-state index contributed by atoms with van der Waals surface area (Å²) >= 11 is 7.71. The zero-order chi connectivity index (χ0) is 18.2. The second-order valence-electron chi connectivity index (χ2n) is 6.14. The maximum Gasteiger partial charge on any atom is 0.162 e. The van der Waals surface area contributed by atoms with Gasteiger partial charge in [-0.25, -0.2) is 0 Å². The number of hydrogen-bond acceptors (Lipinski definition) is 5. The average Bonchev–Trinajstić information content (AvgIpc) is 2.56. The van der Waals surface area contributed by atoms with Gasteiger partial charge < -0.3 is 9.94 Å². The van der Waals surface area contributed by atoms with Crippen LogP contribution in [0.5, 0.6) is 0 Å². The lowest BCUT2D eigenvalue weighted by atomic mass is 9.84. The molecule has 0 saturated heterocycles. The molecule has 25 heavy (non-hydrogen) atoms. The number of nitrogens with zero attached hydrogens (tertiary/aromatic N) is 1. The molecular weight excluding hydrogens is 358 g/mol. The topological polar surface area (TPSA) is 58.9 Å². The summed E-state index contributed by atoms with van der Waals surface area (Å²) in [5.41, 5.74) is 1.19. The number of Topliss-reactive ketones (excluding diaryl/α,β-unsaturated/α-hetero) is 1. The predicted octanol–water partition coefficient (Wildman–Crippen LogP) is 5.42. The van der Waals surface area contributed by atoms with E-state index in [1.807, 2.05) is 31.2 Å². The van der Waals surface area contributed by atoms with Crippen molar-refractivity contribution in [2.45, 2.75) is 44.4 Å². The first-order valence-corrected chi connectivity index (χ1v) is 9.84. The van der Waals surface area contributed by atoms with Crippen LogP contribution in [0.1, 0.15) is 39.5 Å². The lowest BCUT2D eigenvalue weighted by molar-refractivity contribution is -0.117. The highest BCUT2D eigenvalue weighted by molar-refractivity contribution is 7.99. The summed E-state index contributed by atoms with van der Waals surface area (Å²) < 4.78 is 0. The van der Waals surface area contributed by atoms with Crippen molar-refractivity contribution >= 4 is 34.9 Å². The number of carbonyl (C=O) groups is 1. The van der Waals surface area contributed by atoms with Gasteiger partial charge in [0.25, 0.3) is 0 Å². The van der Waals surface area contributed by atoms with E-state index in [1.165, 1.54) is 0 Å². The van der Waals surface area contributed by atoms with Gasteiger partial charge in [0, 0.05) is 34.8 Å². The predicted molar refractivity (Wildman–Crippen MR) is 104 cm³/mol. The quantitative estimate of drug-likeness (QED) is 0.371. The van der Waals surface area contributed by atoms with Gasteiger partial charge in [0.05, 0.1) is 11.5 Å². The summed E-state index contributed by atoms with van der Waals surface area (Å²) in [6, 6.07) is 7.75. The van der Waals surface area contributed by atoms with Crippen LogP contribution in [-0.2, 0) is 9.63 Å². The molecule has 0 amide bonds. The van der Waals surface area contributed by atoms with Gasteiger partial charge in [0.2, 0.25) is 0 Å². The highest BCUT2D eigenvalue weighted by atomic mass is 35.5. The summed E-state index contributed by atoms with van der Waals surface area (Å²) in [4.78, 5) is 18.5. The summed E-state index contributed by atoms with van der Waals surface area (Å²) in [6.07, 6.45) is 2.28. The molecule has 4 nitrogen and oxygen atoms in total. The van der Waals surface area contributed by atoms with E-state index in [-0.39, 0.29) is 17.5 Å². The molecule has 136 valence electrons. The Morgan fingerprint density at radius 3 is 2.92 bits per heavy atom. The third kappa shape index (κ3) is 6.40. The lowest BCUT2D eigenvalue weighted by Crippen LogP contribution is -2.21. The van der Waals surface area contributed by atoms with Gasteiger partial charge in [0.15, 0.2) is 5.78 Å². The van der Waals surface area contributed by atoms with Crippen LogP contribution in [0.2, 0.25) is 5.02 Å². The highest BCUT2D eigenvalue weighted by Gasteiger charge is 2.27. The normalized spacial score (nSPS) is 18.6. The zero-order valence-corrected chi connectivity index (χ0v) is 16.2. The van der Waals surface area contributed by atoms with E-state index in [9.17, 15) is 9.90 Å². The van der Waals surface area contributed by atoms with Gasteiger partial charge in [-0.2, -0.15) is 0 Å². The Morgan fingerprint density at radius 1 is 1.44 bits per heavy atom. The third-order valence-electron chi connectivity index (χ3n) is 4.01. The fourth-order valence-corrected chi connectivity index (χ4v) is 4.11. The number of halogens is 1.